The van der Waals surface area contributed by atoms with E-state index in [1.54, 1.807) is 0 Å². The van der Waals surface area contributed by atoms with Crippen LogP contribution in [0, 0.1) is 17.8 Å². The predicted octanol–water partition coefficient (Wildman–Crippen LogP) is -0.429. The molecule has 0 radical (unpaired) electrons. The fraction of sp³-hybridized carbons (Fsp3) is 0.786. The van der Waals surface area contributed by atoms with Gasteiger partial charge >= 0.3 is 5.97 Å². The van der Waals surface area contributed by atoms with Gasteiger partial charge in [0.1, 0.15) is 6.04 Å². The molecule has 1 saturated heterocycles. The number of hydrogen-bond acceptors (Lipinski definition) is 4. The minimum Gasteiger partial charge on any atom is -0.481 e. The Balaban J connectivity index is 2.17. The second kappa shape index (κ2) is 6.01. The smallest absolute Gasteiger partial charge is 0.307 e. The van der Waals surface area contributed by atoms with Crippen LogP contribution in [0.5, 0.6) is 0 Å². The first-order chi connectivity index (χ1) is 9.85. The van der Waals surface area contributed by atoms with Gasteiger partial charge in [0.25, 0.3) is 0 Å². The van der Waals surface area contributed by atoms with Crippen LogP contribution in [0.1, 0.15) is 32.6 Å². The molecule has 3 unspecified atom stereocenters. The lowest BCUT2D eigenvalue weighted by atomic mass is 9.94. The van der Waals surface area contributed by atoms with Crippen LogP contribution in [0.25, 0.3) is 0 Å². The van der Waals surface area contributed by atoms with Crippen LogP contribution in [0.15, 0.2) is 0 Å². The highest BCUT2D eigenvalue weighted by Gasteiger charge is 2.47. The third-order valence-electron chi connectivity index (χ3n) is 4.76. The van der Waals surface area contributed by atoms with Gasteiger partial charge in [0.15, 0.2) is 0 Å². The Morgan fingerprint density at radius 1 is 1.19 bits per heavy atom. The van der Waals surface area contributed by atoms with Gasteiger partial charge in [0, 0.05) is 13.0 Å². The topological polar surface area (TPSA) is 121 Å². The summed E-state index contributed by atoms with van der Waals surface area (Å²) in [5, 5.41) is 19.0. The molecule has 4 N–H and O–H groups in total. The number of carboxylic acid groups (broad SMARTS) is 1. The number of carboxylic acids is 1. The first-order valence-corrected chi connectivity index (χ1v) is 7.35. The van der Waals surface area contributed by atoms with Gasteiger partial charge < -0.3 is 20.8 Å². The molecule has 5 atom stereocenters. The molecular formula is C14H22N2O5. The summed E-state index contributed by atoms with van der Waals surface area (Å²) in [6.45, 7) is 2.02. The highest BCUT2D eigenvalue weighted by Crippen LogP contribution is 2.40. The van der Waals surface area contributed by atoms with Crippen molar-refractivity contribution >= 4 is 17.8 Å². The largest absolute Gasteiger partial charge is 0.481 e. The first-order valence-electron chi connectivity index (χ1n) is 7.35. The Labute approximate surface area is 123 Å². The molecule has 1 heterocycles. The van der Waals surface area contributed by atoms with Gasteiger partial charge in [0.2, 0.25) is 11.8 Å². The molecule has 2 fully saturated rings. The van der Waals surface area contributed by atoms with E-state index in [1.165, 1.54) is 4.90 Å². The third-order valence-corrected chi connectivity index (χ3v) is 4.76. The molecule has 7 nitrogen and oxygen atoms in total. The van der Waals surface area contributed by atoms with Crippen LogP contribution < -0.4 is 5.73 Å². The molecule has 0 aromatic rings. The second-order valence-corrected chi connectivity index (χ2v) is 6.10. The van der Waals surface area contributed by atoms with Crippen LogP contribution in [-0.4, -0.2) is 51.6 Å². The second-order valence-electron chi connectivity index (χ2n) is 6.10. The average molecular weight is 298 g/mol. The fourth-order valence-corrected chi connectivity index (χ4v) is 3.56. The van der Waals surface area contributed by atoms with E-state index in [9.17, 15) is 24.6 Å². The maximum atomic E-state index is 12.6. The van der Waals surface area contributed by atoms with E-state index >= 15 is 0 Å². The summed E-state index contributed by atoms with van der Waals surface area (Å²) in [5.74, 6) is -3.12. The number of nitrogens with two attached hydrogens (primary N) is 1. The lowest BCUT2D eigenvalue weighted by Crippen LogP contribution is -2.47. The standard InChI is InChI=1S/C14H22N2O5/c1-2-7-3-9(10(4-7)14(20)21)13(19)16-6-8(17)5-11(16)12(15)18/h7-11,17H,2-6H2,1H3,(H2,15,18)(H,20,21)/t7?,8?,9-,10+,11?/m0/s1. The molecule has 2 aliphatic rings. The molecule has 7 heteroatoms. The quantitative estimate of drug-likeness (QED) is 0.650. The number of carbonyl (C=O) groups excluding carboxylic acids is 2. The van der Waals surface area contributed by atoms with Crippen molar-refractivity contribution in [2.75, 3.05) is 6.54 Å². The molecule has 0 bridgehead atoms. The van der Waals surface area contributed by atoms with Crippen molar-refractivity contribution in [1.29, 1.82) is 0 Å². The monoisotopic (exact) mass is 298 g/mol. The average Bonchev–Trinajstić information content (AvgIpc) is 3.01. The molecule has 0 aromatic heterocycles. The maximum Gasteiger partial charge on any atom is 0.307 e. The fourth-order valence-electron chi connectivity index (χ4n) is 3.56. The Bertz CT molecular complexity index is 453. The van der Waals surface area contributed by atoms with Gasteiger partial charge in [0.05, 0.1) is 17.9 Å². The Kier molecular flexibility index (Phi) is 4.51. The SMILES string of the molecule is CCC1C[C@H](C(=O)N2CC(O)CC2C(N)=O)[C@H](C(=O)O)C1. The number of likely N-dealkylation sites (tertiary alicyclic amines) is 1. The highest BCUT2D eigenvalue weighted by atomic mass is 16.4. The number of amides is 2. The van der Waals surface area contributed by atoms with Crippen molar-refractivity contribution in [2.24, 2.45) is 23.5 Å². The molecule has 21 heavy (non-hydrogen) atoms. The normalized spacial score (nSPS) is 35.9. The van der Waals surface area contributed by atoms with E-state index in [2.05, 4.69) is 0 Å². The van der Waals surface area contributed by atoms with Crippen molar-refractivity contribution in [2.45, 2.75) is 44.8 Å². The molecule has 2 rings (SSSR count). The Morgan fingerprint density at radius 2 is 1.81 bits per heavy atom. The van der Waals surface area contributed by atoms with Gasteiger partial charge in [-0.05, 0) is 18.8 Å². The van der Waals surface area contributed by atoms with E-state index in [0.717, 1.165) is 6.42 Å². The molecule has 1 saturated carbocycles. The number of aliphatic hydroxyl groups excluding tert-OH is 1. The van der Waals surface area contributed by atoms with Gasteiger partial charge in [-0.1, -0.05) is 13.3 Å². The summed E-state index contributed by atoms with van der Waals surface area (Å²) in [7, 11) is 0. The lowest BCUT2D eigenvalue weighted by molar-refractivity contribution is -0.150. The van der Waals surface area contributed by atoms with Crippen molar-refractivity contribution in [3.8, 4) is 0 Å². The molecule has 1 aliphatic heterocycles. The number of hydrogen-bond donors (Lipinski definition) is 3. The maximum absolute atomic E-state index is 12.6. The van der Waals surface area contributed by atoms with E-state index in [4.69, 9.17) is 5.73 Å². The number of aliphatic hydroxyl groups is 1. The number of carbonyl (C=O) groups is 3. The molecule has 2 amide bonds. The number of nitrogens with zero attached hydrogens (tertiary/aromatic N) is 1. The summed E-state index contributed by atoms with van der Waals surface area (Å²) in [6, 6.07) is -0.831. The van der Waals surface area contributed by atoms with Crippen LogP contribution >= 0.6 is 0 Å². The summed E-state index contributed by atoms with van der Waals surface area (Å²) < 4.78 is 0. The summed E-state index contributed by atoms with van der Waals surface area (Å²) >= 11 is 0. The molecule has 118 valence electrons. The van der Waals surface area contributed by atoms with E-state index in [-0.39, 0.29) is 24.8 Å². The van der Waals surface area contributed by atoms with Crippen LogP contribution in [0.3, 0.4) is 0 Å². The predicted molar refractivity (Wildman–Crippen MR) is 73.0 cm³/mol. The lowest BCUT2D eigenvalue weighted by Gasteiger charge is -2.26. The molecule has 1 aliphatic carbocycles. The number of aliphatic carboxylic acids is 1. The van der Waals surface area contributed by atoms with Gasteiger partial charge in [-0.25, -0.2) is 0 Å². The number of rotatable bonds is 4. The van der Waals surface area contributed by atoms with E-state index in [1.807, 2.05) is 6.92 Å². The zero-order chi connectivity index (χ0) is 15.7. The van der Waals surface area contributed by atoms with Crippen LogP contribution in [0.2, 0.25) is 0 Å². The zero-order valence-electron chi connectivity index (χ0n) is 12.1. The van der Waals surface area contributed by atoms with E-state index in [0.29, 0.717) is 12.8 Å². The van der Waals surface area contributed by atoms with Crippen LogP contribution in [0.4, 0.5) is 0 Å². The van der Waals surface area contributed by atoms with Crippen molar-refractivity contribution in [1.82, 2.24) is 4.90 Å². The Morgan fingerprint density at radius 3 is 2.33 bits per heavy atom. The first kappa shape index (κ1) is 15.8. The summed E-state index contributed by atoms with van der Waals surface area (Å²) in [6.07, 6.45) is 1.18. The molecule has 0 spiro atoms. The van der Waals surface area contributed by atoms with Gasteiger partial charge in [-0.2, -0.15) is 0 Å². The summed E-state index contributed by atoms with van der Waals surface area (Å²) in [4.78, 5) is 36.7. The third kappa shape index (κ3) is 3.02. The molecular weight excluding hydrogens is 276 g/mol. The van der Waals surface area contributed by atoms with Crippen molar-refractivity contribution < 1.29 is 24.6 Å². The van der Waals surface area contributed by atoms with Crippen molar-refractivity contribution in [3.05, 3.63) is 0 Å². The van der Waals surface area contributed by atoms with Crippen LogP contribution in [-0.2, 0) is 14.4 Å². The minimum absolute atomic E-state index is 0.0477. The van der Waals surface area contributed by atoms with Crippen molar-refractivity contribution in [3.63, 3.8) is 0 Å². The van der Waals surface area contributed by atoms with Gasteiger partial charge in [-0.15, -0.1) is 0 Å². The molecule has 0 aromatic carbocycles. The Hall–Kier alpha value is -1.63. The number of β-amino-alcohol motifs (C(OH)–C–C–N with tert-alkyl or cyclic N) is 1. The van der Waals surface area contributed by atoms with Gasteiger partial charge in [-0.3, -0.25) is 14.4 Å². The summed E-state index contributed by atoms with van der Waals surface area (Å²) in [5.41, 5.74) is 5.27. The number of primary amides is 1. The highest BCUT2D eigenvalue weighted by molar-refractivity contribution is 5.90. The van der Waals surface area contributed by atoms with E-state index < -0.39 is 35.9 Å². The zero-order valence-corrected chi connectivity index (χ0v) is 12.1. The minimum atomic E-state index is -0.973.